The van der Waals surface area contributed by atoms with Crippen LogP contribution in [0, 0.1) is 0 Å². The zero-order valence-electron chi connectivity index (χ0n) is 41.0. The van der Waals surface area contributed by atoms with Crippen LogP contribution in [0.4, 0.5) is 0 Å². The second-order valence-corrected chi connectivity index (χ2v) is 19.0. The van der Waals surface area contributed by atoms with Gasteiger partial charge < -0.3 is 15.5 Å². The van der Waals surface area contributed by atoms with E-state index >= 15 is 0 Å². The molecule has 0 bridgehead atoms. The van der Waals surface area contributed by atoms with E-state index in [4.69, 9.17) is 0 Å². The summed E-state index contributed by atoms with van der Waals surface area (Å²) in [6.07, 6.45) is 69.0. The van der Waals surface area contributed by atoms with Crippen LogP contribution in [-0.2, 0) is 4.79 Å². The molecule has 0 saturated carbocycles. The summed E-state index contributed by atoms with van der Waals surface area (Å²) in [4.78, 5) is 12.5. The standard InChI is InChI=1S/C56H109NO3/c1-3-5-7-9-11-13-15-17-19-21-23-25-26-27-28-29-30-32-34-36-38-40-42-44-46-48-50-52-56(60)57-54(53-58)55(59)51-49-47-45-43-41-39-37-35-33-31-24-22-20-18-16-14-12-10-8-6-4-2/h27-28,49,51,54-55,58-59H,3-26,29-48,50,52-53H2,1-2H3,(H,57,60)/b28-27-,51-49+. The SMILES string of the molecule is CCCCCCCCCCCCCC/C=C\CCCCCCCCCCCCCC(=O)NC(CO)C(O)/C=C/CCCCCCCCCCCCCCCCCCCCC. The predicted molar refractivity (Wildman–Crippen MR) is 267 cm³/mol. The molecule has 0 aromatic carbocycles. The number of carbonyl (C=O) groups is 1. The number of hydrogen-bond acceptors (Lipinski definition) is 3. The predicted octanol–water partition coefficient (Wildman–Crippen LogP) is 17.9. The third kappa shape index (κ3) is 47.9. The molecule has 0 heterocycles. The molecule has 2 atom stereocenters. The molecule has 3 N–H and O–H groups in total. The molecule has 0 rings (SSSR count). The van der Waals surface area contributed by atoms with Gasteiger partial charge in [-0.1, -0.05) is 282 Å². The quantitative estimate of drug-likeness (QED) is 0.0422. The first-order valence-corrected chi connectivity index (χ1v) is 27.6. The molecule has 0 radical (unpaired) electrons. The molecule has 0 spiro atoms. The van der Waals surface area contributed by atoms with Gasteiger partial charge in [-0.3, -0.25) is 4.79 Å². The second-order valence-electron chi connectivity index (χ2n) is 19.0. The smallest absolute Gasteiger partial charge is 0.220 e. The van der Waals surface area contributed by atoms with Gasteiger partial charge >= 0.3 is 0 Å². The van der Waals surface area contributed by atoms with Crippen LogP contribution in [-0.4, -0.2) is 34.9 Å². The monoisotopic (exact) mass is 844 g/mol. The van der Waals surface area contributed by atoms with E-state index in [-0.39, 0.29) is 12.5 Å². The van der Waals surface area contributed by atoms with Crippen molar-refractivity contribution in [2.75, 3.05) is 6.61 Å². The highest BCUT2D eigenvalue weighted by atomic mass is 16.3. The number of hydrogen-bond donors (Lipinski definition) is 3. The zero-order valence-corrected chi connectivity index (χ0v) is 41.0. The van der Waals surface area contributed by atoms with Crippen LogP contribution in [0.1, 0.15) is 309 Å². The van der Waals surface area contributed by atoms with Crippen LogP contribution in [0.15, 0.2) is 24.3 Å². The Hall–Kier alpha value is -1.13. The number of rotatable bonds is 51. The van der Waals surface area contributed by atoms with Crippen molar-refractivity contribution in [2.45, 2.75) is 321 Å². The lowest BCUT2D eigenvalue weighted by molar-refractivity contribution is -0.123. The minimum atomic E-state index is -0.838. The molecule has 0 fully saturated rings. The molecule has 4 nitrogen and oxygen atoms in total. The van der Waals surface area contributed by atoms with Crippen molar-refractivity contribution in [3.63, 3.8) is 0 Å². The maximum atomic E-state index is 12.5. The molecule has 0 saturated heterocycles. The normalized spacial score (nSPS) is 12.9. The lowest BCUT2D eigenvalue weighted by Crippen LogP contribution is -2.45. The highest BCUT2D eigenvalue weighted by molar-refractivity contribution is 5.76. The van der Waals surface area contributed by atoms with Gasteiger partial charge in [-0.15, -0.1) is 0 Å². The molecule has 4 heteroatoms. The maximum Gasteiger partial charge on any atom is 0.220 e. The van der Waals surface area contributed by atoms with E-state index < -0.39 is 12.1 Å². The van der Waals surface area contributed by atoms with E-state index in [1.165, 1.54) is 263 Å². The highest BCUT2D eigenvalue weighted by Crippen LogP contribution is 2.17. The third-order valence-corrected chi connectivity index (χ3v) is 12.9. The Morgan fingerprint density at radius 1 is 0.383 bits per heavy atom. The van der Waals surface area contributed by atoms with Gasteiger partial charge in [0.15, 0.2) is 0 Å². The highest BCUT2D eigenvalue weighted by Gasteiger charge is 2.18. The van der Waals surface area contributed by atoms with Crippen LogP contribution in [0.25, 0.3) is 0 Å². The summed E-state index contributed by atoms with van der Waals surface area (Å²) in [6.45, 7) is 4.35. The van der Waals surface area contributed by atoms with Crippen LogP contribution < -0.4 is 5.32 Å². The maximum absolute atomic E-state index is 12.5. The number of aliphatic hydroxyl groups is 2. The summed E-state index contributed by atoms with van der Waals surface area (Å²) >= 11 is 0. The van der Waals surface area contributed by atoms with Crippen LogP contribution in [0.2, 0.25) is 0 Å². The van der Waals surface area contributed by atoms with Crippen LogP contribution in [0.3, 0.4) is 0 Å². The van der Waals surface area contributed by atoms with E-state index in [2.05, 4.69) is 31.3 Å². The number of carbonyl (C=O) groups excluding carboxylic acids is 1. The van der Waals surface area contributed by atoms with Crippen molar-refractivity contribution in [1.29, 1.82) is 0 Å². The van der Waals surface area contributed by atoms with E-state index in [1.807, 2.05) is 6.08 Å². The fourth-order valence-corrected chi connectivity index (χ4v) is 8.71. The van der Waals surface area contributed by atoms with Crippen molar-refractivity contribution in [3.8, 4) is 0 Å². The van der Waals surface area contributed by atoms with Crippen molar-refractivity contribution in [2.24, 2.45) is 0 Å². The van der Waals surface area contributed by atoms with Crippen molar-refractivity contribution in [3.05, 3.63) is 24.3 Å². The number of aliphatic hydroxyl groups excluding tert-OH is 2. The first-order chi connectivity index (χ1) is 29.7. The summed E-state index contributed by atoms with van der Waals surface area (Å²) in [5.74, 6) is -0.0598. The summed E-state index contributed by atoms with van der Waals surface area (Å²) in [5, 5.41) is 23.2. The minimum Gasteiger partial charge on any atom is -0.394 e. The van der Waals surface area contributed by atoms with Gasteiger partial charge in [0.25, 0.3) is 0 Å². The summed E-state index contributed by atoms with van der Waals surface area (Å²) in [7, 11) is 0. The number of nitrogens with one attached hydrogen (secondary N) is 1. The molecule has 0 aliphatic rings. The van der Waals surface area contributed by atoms with Gasteiger partial charge in [-0.05, 0) is 44.9 Å². The van der Waals surface area contributed by atoms with Crippen LogP contribution >= 0.6 is 0 Å². The Bertz CT molecular complexity index is 871. The Balaban J connectivity index is 3.48. The molecule has 356 valence electrons. The van der Waals surface area contributed by atoms with Crippen molar-refractivity contribution in [1.82, 2.24) is 5.32 Å². The van der Waals surface area contributed by atoms with Gasteiger partial charge in [0.1, 0.15) is 0 Å². The van der Waals surface area contributed by atoms with E-state index in [0.29, 0.717) is 6.42 Å². The molecule has 0 aliphatic carbocycles. The Morgan fingerprint density at radius 2 is 0.633 bits per heavy atom. The molecular weight excluding hydrogens is 735 g/mol. The molecule has 2 unspecified atom stereocenters. The van der Waals surface area contributed by atoms with E-state index in [0.717, 1.165) is 25.7 Å². The average molecular weight is 844 g/mol. The Labute approximate surface area is 377 Å². The number of allylic oxidation sites excluding steroid dienone is 3. The zero-order chi connectivity index (χ0) is 43.5. The molecular formula is C56H109NO3. The first kappa shape index (κ1) is 58.9. The van der Waals surface area contributed by atoms with Crippen molar-refractivity contribution >= 4 is 5.91 Å². The molecule has 1 amide bonds. The summed E-state index contributed by atoms with van der Waals surface area (Å²) in [5.41, 5.74) is 0. The molecule has 0 aromatic rings. The Morgan fingerprint density at radius 3 is 0.917 bits per heavy atom. The lowest BCUT2D eigenvalue weighted by atomic mass is 10.0. The Kier molecular flexibility index (Phi) is 51.2. The number of unbranched alkanes of at least 4 members (excludes halogenated alkanes) is 42. The van der Waals surface area contributed by atoms with Gasteiger partial charge in [-0.2, -0.15) is 0 Å². The average Bonchev–Trinajstić information content (AvgIpc) is 3.25. The van der Waals surface area contributed by atoms with Gasteiger partial charge in [0, 0.05) is 6.42 Å². The topological polar surface area (TPSA) is 69.6 Å². The largest absolute Gasteiger partial charge is 0.394 e. The summed E-state index contributed by atoms with van der Waals surface area (Å²) < 4.78 is 0. The van der Waals surface area contributed by atoms with E-state index in [9.17, 15) is 15.0 Å². The van der Waals surface area contributed by atoms with E-state index in [1.54, 1.807) is 6.08 Å². The van der Waals surface area contributed by atoms with Crippen LogP contribution in [0.5, 0.6) is 0 Å². The fraction of sp³-hybridized carbons (Fsp3) is 0.911. The molecule has 0 aromatic heterocycles. The van der Waals surface area contributed by atoms with Crippen molar-refractivity contribution < 1.29 is 15.0 Å². The molecule has 60 heavy (non-hydrogen) atoms. The first-order valence-electron chi connectivity index (χ1n) is 27.6. The second kappa shape index (κ2) is 52.2. The third-order valence-electron chi connectivity index (χ3n) is 12.9. The fourth-order valence-electron chi connectivity index (χ4n) is 8.71. The lowest BCUT2D eigenvalue weighted by Gasteiger charge is -2.20. The molecule has 0 aliphatic heterocycles. The van der Waals surface area contributed by atoms with Gasteiger partial charge in [0.2, 0.25) is 5.91 Å². The van der Waals surface area contributed by atoms with Gasteiger partial charge in [0.05, 0.1) is 18.8 Å². The summed E-state index contributed by atoms with van der Waals surface area (Å²) in [6, 6.07) is -0.621. The van der Waals surface area contributed by atoms with Gasteiger partial charge in [-0.25, -0.2) is 0 Å². The number of amides is 1. The minimum absolute atomic E-state index is 0.0598.